The molecule has 1 aromatic carbocycles. The summed E-state index contributed by atoms with van der Waals surface area (Å²) in [7, 11) is 0. The summed E-state index contributed by atoms with van der Waals surface area (Å²) in [5.41, 5.74) is 5.04. The first-order valence-electron chi connectivity index (χ1n) is 10.8. The van der Waals surface area contributed by atoms with Crippen molar-refractivity contribution < 1.29 is 9.59 Å². The largest absolute Gasteiger partial charge is 0.356 e. The Morgan fingerprint density at radius 1 is 1.10 bits per heavy atom. The van der Waals surface area contributed by atoms with E-state index in [2.05, 4.69) is 28.9 Å². The van der Waals surface area contributed by atoms with Crippen molar-refractivity contribution in [3.63, 3.8) is 0 Å². The minimum absolute atomic E-state index is 0.0395. The van der Waals surface area contributed by atoms with Gasteiger partial charge in [0.15, 0.2) is 0 Å². The van der Waals surface area contributed by atoms with Crippen LogP contribution in [-0.2, 0) is 4.79 Å². The zero-order chi connectivity index (χ0) is 20.5. The molecule has 1 aliphatic heterocycles. The molecule has 1 unspecified atom stereocenters. The van der Waals surface area contributed by atoms with Crippen molar-refractivity contribution in [1.82, 2.24) is 14.8 Å². The zero-order valence-electron chi connectivity index (χ0n) is 17.7. The van der Waals surface area contributed by atoms with Gasteiger partial charge in [0.1, 0.15) is 0 Å². The van der Waals surface area contributed by atoms with Crippen LogP contribution in [0.3, 0.4) is 0 Å². The van der Waals surface area contributed by atoms with E-state index >= 15 is 0 Å². The van der Waals surface area contributed by atoms with Gasteiger partial charge in [0.25, 0.3) is 5.91 Å². The number of aromatic nitrogens is 1. The number of carbonyl (C=O) groups excluding carboxylic acids is 2. The Morgan fingerprint density at radius 2 is 1.86 bits per heavy atom. The van der Waals surface area contributed by atoms with E-state index in [-0.39, 0.29) is 17.7 Å². The first-order chi connectivity index (χ1) is 14.0. The van der Waals surface area contributed by atoms with Crippen molar-refractivity contribution in [2.75, 3.05) is 19.6 Å². The maximum absolute atomic E-state index is 13.3. The molecule has 1 atom stereocenters. The molecule has 0 spiro atoms. The topological polar surface area (TPSA) is 54.3 Å². The number of aryl methyl sites for hydroxylation is 2. The van der Waals surface area contributed by atoms with Gasteiger partial charge in [-0.1, -0.05) is 18.2 Å². The summed E-state index contributed by atoms with van der Waals surface area (Å²) in [5.74, 6) is 0.732. The SMILES string of the molecule is Cc1ccccc1-n1c(C)cc(C(=O)N2CCCC(C(=O)NCC3CC3)C2)c1C. The van der Waals surface area contributed by atoms with E-state index in [1.165, 1.54) is 18.4 Å². The van der Waals surface area contributed by atoms with Crippen LogP contribution >= 0.6 is 0 Å². The fourth-order valence-corrected chi connectivity index (χ4v) is 4.42. The molecule has 2 amide bonds. The number of nitrogens with one attached hydrogen (secondary N) is 1. The predicted molar refractivity (Wildman–Crippen MR) is 114 cm³/mol. The summed E-state index contributed by atoms with van der Waals surface area (Å²) in [6.45, 7) is 8.17. The number of carbonyl (C=O) groups is 2. The first kappa shape index (κ1) is 19.7. The number of para-hydroxylation sites is 1. The summed E-state index contributed by atoms with van der Waals surface area (Å²) in [4.78, 5) is 27.7. The summed E-state index contributed by atoms with van der Waals surface area (Å²) in [5, 5.41) is 3.08. The van der Waals surface area contributed by atoms with Crippen LogP contribution in [0.1, 0.15) is 53.0 Å². The van der Waals surface area contributed by atoms with E-state index in [0.29, 0.717) is 12.5 Å². The van der Waals surface area contributed by atoms with Gasteiger partial charge in [-0.25, -0.2) is 0 Å². The average molecular weight is 394 g/mol. The van der Waals surface area contributed by atoms with E-state index in [4.69, 9.17) is 0 Å². The van der Waals surface area contributed by atoms with E-state index < -0.39 is 0 Å². The Morgan fingerprint density at radius 3 is 2.59 bits per heavy atom. The molecule has 2 heterocycles. The fourth-order valence-electron chi connectivity index (χ4n) is 4.42. The van der Waals surface area contributed by atoms with E-state index in [1.54, 1.807) is 0 Å². The van der Waals surface area contributed by atoms with Gasteiger partial charge in [-0.2, -0.15) is 0 Å². The molecular formula is C24H31N3O2. The number of rotatable bonds is 5. The normalized spacial score (nSPS) is 19.3. The molecule has 1 aliphatic carbocycles. The lowest BCUT2D eigenvalue weighted by Crippen LogP contribution is -2.45. The van der Waals surface area contributed by atoms with Gasteiger partial charge in [0.2, 0.25) is 5.91 Å². The summed E-state index contributed by atoms with van der Waals surface area (Å²) in [6.07, 6.45) is 4.20. The highest BCUT2D eigenvalue weighted by atomic mass is 16.2. The van der Waals surface area contributed by atoms with Gasteiger partial charge in [0.05, 0.1) is 11.5 Å². The van der Waals surface area contributed by atoms with Crippen LogP contribution in [0, 0.1) is 32.6 Å². The Labute approximate surface area is 173 Å². The highest BCUT2D eigenvalue weighted by Crippen LogP contribution is 2.28. The molecule has 5 nitrogen and oxygen atoms in total. The second-order valence-corrected chi connectivity index (χ2v) is 8.69. The van der Waals surface area contributed by atoms with Gasteiger partial charge in [-0.15, -0.1) is 0 Å². The molecule has 1 saturated carbocycles. The second-order valence-electron chi connectivity index (χ2n) is 8.69. The summed E-state index contributed by atoms with van der Waals surface area (Å²) in [6, 6.07) is 10.2. The number of hydrogen-bond donors (Lipinski definition) is 1. The monoisotopic (exact) mass is 393 g/mol. The maximum atomic E-state index is 13.3. The number of benzene rings is 1. The van der Waals surface area contributed by atoms with Crippen LogP contribution in [0.5, 0.6) is 0 Å². The quantitative estimate of drug-likeness (QED) is 0.840. The Hall–Kier alpha value is -2.56. The third kappa shape index (κ3) is 4.09. The van der Waals surface area contributed by atoms with Crippen LogP contribution in [-0.4, -0.2) is 40.9 Å². The fraction of sp³-hybridized carbons (Fsp3) is 0.500. The van der Waals surface area contributed by atoms with Gasteiger partial charge in [-0.05, 0) is 70.1 Å². The van der Waals surface area contributed by atoms with E-state index in [1.807, 2.05) is 36.9 Å². The number of piperidine rings is 1. The molecular weight excluding hydrogens is 362 g/mol. The minimum Gasteiger partial charge on any atom is -0.356 e. The van der Waals surface area contributed by atoms with Crippen molar-refractivity contribution >= 4 is 11.8 Å². The molecule has 2 fully saturated rings. The predicted octanol–water partition coefficient (Wildman–Crippen LogP) is 3.78. The van der Waals surface area contributed by atoms with Crippen molar-refractivity contribution in [2.45, 2.75) is 46.5 Å². The minimum atomic E-state index is -0.0914. The average Bonchev–Trinajstić information content (AvgIpc) is 3.51. The molecule has 29 heavy (non-hydrogen) atoms. The molecule has 0 radical (unpaired) electrons. The molecule has 4 rings (SSSR count). The van der Waals surface area contributed by atoms with E-state index in [0.717, 1.165) is 48.6 Å². The number of likely N-dealkylation sites (tertiary alicyclic amines) is 1. The lowest BCUT2D eigenvalue weighted by Gasteiger charge is -2.32. The lowest BCUT2D eigenvalue weighted by molar-refractivity contribution is -0.126. The van der Waals surface area contributed by atoms with Crippen LogP contribution in [0.15, 0.2) is 30.3 Å². The van der Waals surface area contributed by atoms with Crippen LogP contribution in [0.4, 0.5) is 0 Å². The maximum Gasteiger partial charge on any atom is 0.255 e. The number of hydrogen-bond acceptors (Lipinski definition) is 2. The molecule has 1 aromatic heterocycles. The van der Waals surface area contributed by atoms with Gasteiger partial charge in [-0.3, -0.25) is 9.59 Å². The molecule has 1 saturated heterocycles. The van der Waals surface area contributed by atoms with Crippen molar-refractivity contribution in [3.8, 4) is 5.69 Å². The standard InChI is InChI=1S/C24H31N3O2/c1-16-7-4-5-9-22(16)27-17(2)13-21(18(27)3)24(29)26-12-6-8-20(15-26)23(28)25-14-19-10-11-19/h4-5,7,9,13,19-20H,6,8,10-12,14-15H2,1-3H3,(H,25,28). The smallest absolute Gasteiger partial charge is 0.255 e. The third-order valence-corrected chi connectivity index (χ3v) is 6.36. The molecule has 0 bridgehead atoms. The number of nitrogens with zero attached hydrogens (tertiary/aromatic N) is 2. The van der Waals surface area contributed by atoms with Crippen LogP contribution in [0.2, 0.25) is 0 Å². The Kier molecular flexibility index (Phi) is 5.48. The molecule has 2 aromatic rings. The Bertz CT molecular complexity index is 926. The molecule has 5 heteroatoms. The lowest BCUT2D eigenvalue weighted by atomic mass is 9.96. The Balaban J connectivity index is 1.51. The van der Waals surface area contributed by atoms with Gasteiger partial charge in [0, 0.05) is 36.7 Å². The van der Waals surface area contributed by atoms with Crippen molar-refractivity contribution in [3.05, 3.63) is 52.8 Å². The summed E-state index contributed by atoms with van der Waals surface area (Å²) >= 11 is 0. The number of amides is 2. The highest BCUT2D eigenvalue weighted by molar-refractivity contribution is 5.96. The first-order valence-corrected chi connectivity index (χ1v) is 10.8. The van der Waals surface area contributed by atoms with Gasteiger partial charge < -0.3 is 14.8 Å². The molecule has 1 N–H and O–H groups in total. The summed E-state index contributed by atoms with van der Waals surface area (Å²) < 4.78 is 2.16. The third-order valence-electron chi connectivity index (χ3n) is 6.36. The van der Waals surface area contributed by atoms with E-state index in [9.17, 15) is 9.59 Å². The highest BCUT2D eigenvalue weighted by Gasteiger charge is 2.31. The molecule has 2 aliphatic rings. The molecule has 154 valence electrons. The zero-order valence-corrected chi connectivity index (χ0v) is 17.7. The second kappa shape index (κ2) is 8.05. The van der Waals surface area contributed by atoms with Gasteiger partial charge >= 0.3 is 0 Å². The van der Waals surface area contributed by atoms with Crippen molar-refractivity contribution in [2.24, 2.45) is 11.8 Å². The van der Waals surface area contributed by atoms with Crippen LogP contribution < -0.4 is 5.32 Å². The van der Waals surface area contributed by atoms with Crippen LogP contribution in [0.25, 0.3) is 5.69 Å². The van der Waals surface area contributed by atoms with Crippen molar-refractivity contribution in [1.29, 1.82) is 0 Å².